The maximum atomic E-state index is 13.4. The van der Waals surface area contributed by atoms with E-state index in [1.54, 1.807) is 75.8 Å². The van der Waals surface area contributed by atoms with E-state index in [0.717, 1.165) is 24.2 Å². The second-order valence-electron chi connectivity index (χ2n) is 11.2. The molecule has 41 heavy (non-hydrogen) atoms. The number of hydrogen-bond acceptors (Lipinski definition) is 7. The lowest BCUT2D eigenvalue weighted by molar-refractivity contribution is -0.120. The lowest BCUT2D eigenvalue weighted by Gasteiger charge is -2.33. The van der Waals surface area contributed by atoms with E-state index in [1.165, 1.54) is 4.57 Å². The molecular weight excluding hydrogens is 520 g/mol. The fourth-order valence-electron chi connectivity index (χ4n) is 4.92. The number of rotatable bonds is 5. The minimum absolute atomic E-state index is 0.130. The number of ether oxygens (including phenoxy) is 1. The molecule has 2 amide bonds. The molecule has 2 aromatic heterocycles. The molecule has 1 aliphatic rings. The van der Waals surface area contributed by atoms with Gasteiger partial charge >= 0.3 is 6.09 Å². The molecule has 0 aliphatic carbocycles. The van der Waals surface area contributed by atoms with E-state index in [2.05, 4.69) is 20.5 Å². The van der Waals surface area contributed by atoms with Crippen molar-refractivity contribution < 1.29 is 19.1 Å². The third-order valence-corrected chi connectivity index (χ3v) is 6.98. The molecule has 1 fully saturated rings. The van der Waals surface area contributed by atoms with Gasteiger partial charge in [0.25, 0.3) is 5.91 Å². The van der Waals surface area contributed by atoms with Crippen LogP contribution in [0.2, 0.25) is 0 Å². The summed E-state index contributed by atoms with van der Waals surface area (Å²) in [5.74, 6) is -0.741. The van der Waals surface area contributed by atoms with Crippen LogP contribution in [-0.4, -0.2) is 46.1 Å². The van der Waals surface area contributed by atoms with Crippen molar-refractivity contribution in [1.82, 2.24) is 9.55 Å². The van der Waals surface area contributed by atoms with Gasteiger partial charge in [-0.3, -0.25) is 19.1 Å². The first-order valence-corrected chi connectivity index (χ1v) is 13.6. The van der Waals surface area contributed by atoms with Crippen molar-refractivity contribution in [3.05, 3.63) is 78.8 Å². The molecule has 212 valence electrons. The summed E-state index contributed by atoms with van der Waals surface area (Å²) in [5.41, 5.74) is 8.55. The van der Waals surface area contributed by atoms with Crippen LogP contribution in [0.25, 0.3) is 10.9 Å². The number of amides is 2. The van der Waals surface area contributed by atoms with E-state index in [-0.39, 0.29) is 17.4 Å². The van der Waals surface area contributed by atoms with Crippen molar-refractivity contribution in [2.24, 2.45) is 5.92 Å². The molecule has 0 radical (unpaired) electrons. The zero-order valence-corrected chi connectivity index (χ0v) is 23.4. The van der Waals surface area contributed by atoms with Crippen molar-refractivity contribution in [2.75, 3.05) is 34.4 Å². The lowest BCUT2D eigenvalue weighted by atomic mass is 9.95. The summed E-state index contributed by atoms with van der Waals surface area (Å²) >= 11 is 0. The average Bonchev–Trinajstić information content (AvgIpc) is 3.37. The first-order chi connectivity index (χ1) is 19.6. The van der Waals surface area contributed by atoms with Crippen molar-refractivity contribution in [1.29, 1.82) is 0 Å². The molecule has 2 aromatic carbocycles. The molecule has 0 bridgehead atoms. The SMILES string of the molecule is CC(C)(C)OC(=O)n1ccc2ccc(NC(=O)c3cc(N)ccc3NC(=O)C3CCN(c4ccncc4)CC3)cc21. The summed E-state index contributed by atoms with van der Waals surface area (Å²) in [7, 11) is 0. The highest BCUT2D eigenvalue weighted by molar-refractivity contribution is 6.11. The van der Waals surface area contributed by atoms with Gasteiger partial charge in [0, 0.05) is 60.0 Å². The zero-order valence-electron chi connectivity index (χ0n) is 23.4. The Bertz CT molecular complexity index is 1580. The molecule has 10 heteroatoms. The minimum atomic E-state index is -0.649. The highest BCUT2D eigenvalue weighted by atomic mass is 16.6. The Labute approximate surface area is 238 Å². The van der Waals surface area contributed by atoms with Crippen LogP contribution >= 0.6 is 0 Å². The Morgan fingerprint density at radius 2 is 1.68 bits per heavy atom. The van der Waals surface area contributed by atoms with Gasteiger partial charge in [-0.1, -0.05) is 6.07 Å². The smallest absolute Gasteiger partial charge is 0.418 e. The van der Waals surface area contributed by atoms with E-state index in [4.69, 9.17) is 10.5 Å². The number of piperidine rings is 1. The number of carbonyl (C=O) groups excluding carboxylic acids is 3. The maximum Gasteiger partial charge on any atom is 0.418 e. The Morgan fingerprint density at radius 1 is 0.951 bits per heavy atom. The monoisotopic (exact) mass is 554 g/mol. The second-order valence-corrected chi connectivity index (χ2v) is 11.2. The number of nitrogens with zero attached hydrogens (tertiary/aromatic N) is 3. The van der Waals surface area contributed by atoms with Gasteiger partial charge < -0.3 is 26.0 Å². The van der Waals surface area contributed by atoms with Crippen LogP contribution in [0.5, 0.6) is 0 Å². The molecule has 0 saturated carbocycles. The molecule has 10 nitrogen and oxygen atoms in total. The number of nitrogens with two attached hydrogens (primary N) is 1. The van der Waals surface area contributed by atoms with E-state index in [1.807, 2.05) is 18.2 Å². The van der Waals surface area contributed by atoms with Gasteiger partial charge in [-0.2, -0.15) is 0 Å². The van der Waals surface area contributed by atoms with Crippen LogP contribution in [-0.2, 0) is 9.53 Å². The number of benzene rings is 2. The summed E-state index contributed by atoms with van der Waals surface area (Å²) in [6.45, 7) is 6.91. The van der Waals surface area contributed by atoms with E-state index < -0.39 is 17.6 Å². The van der Waals surface area contributed by atoms with Crippen LogP contribution in [0.1, 0.15) is 44.0 Å². The topological polar surface area (TPSA) is 132 Å². The third-order valence-electron chi connectivity index (χ3n) is 6.98. The minimum Gasteiger partial charge on any atom is -0.443 e. The van der Waals surface area contributed by atoms with Gasteiger partial charge in [-0.15, -0.1) is 0 Å². The van der Waals surface area contributed by atoms with Crippen LogP contribution in [0.3, 0.4) is 0 Å². The van der Waals surface area contributed by atoms with Crippen LogP contribution in [0.4, 0.5) is 27.5 Å². The summed E-state index contributed by atoms with van der Waals surface area (Å²) in [6.07, 6.45) is 6.04. The Kier molecular flexibility index (Phi) is 7.65. The zero-order chi connectivity index (χ0) is 29.1. The number of fused-ring (bicyclic) bond motifs is 1. The second kappa shape index (κ2) is 11.3. The average molecular weight is 555 g/mol. The van der Waals surface area contributed by atoms with E-state index >= 15 is 0 Å². The quantitative estimate of drug-likeness (QED) is 0.277. The Balaban J connectivity index is 1.29. The third kappa shape index (κ3) is 6.49. The lowest BCUT2D eigenvalue weighted by Crippen LogP contribution is -2.38. The number of aromatic nitrogens is 2. The molecule has 0 atom stereocenters. The highest BCUT2D eigenvalue weighted by Crippen LogP contribution is 2.27. The number of anilines is 4. The van der Waals surface area contributed by atoms with Crippen molar-refractivity contribution >= 4 is 51.6 Å². The predicted molar refractivity (Wildman–Crippen MR) is 160 cm³/mol. The van der Waals surface area contributed by atoms with Crippen molar-refractivity contribution in [3.63, 3.8) is 0 Å². The normalized spacial score (nSPS) is 14.1. The summed E-state index contributed by atoms with van der Waals surface area (Å²) in [6, 6.07) is 15.8. The summed E-state index contributed by atoms with van der Waals surface area (Å²) in [4.78, 5) is 45.6. The largest absolute Gasteiger partial charge is 0.443 e. The maximum absolute atomic E-state index is 13.4. The van der Waals surface area contributed by atoms with Crippen molar-refractivity contribution in [3.8, 4) is 0 Å². The molecule has 0 unspecified atom stereocenters. The molecule has 1 aliphatic heterocycles. The molecule has 3 heterocycles. The van der Waals surface area contributed by atoms with Gasteiger partial charge in [0.05, 0.1) is 16.8 Å². The summed E-state index contributed by atoms with van der Waals surface area (Å²) < 4.78 is 6.91. The van der Waals surface area contributed by atoms with Gasteiger partial charge in [0.1, 0.15) is 5.60 Å². The fourth-order valence-corrected chi connectivity index (χ4v) is 4.92. The van der Waals surface area contributed by atoms with Crippen molar-refractivity contribution in [2.45, 2.75) is 39.2 Å². The van der Waals surface area contributed by atoms with Gasteiger partial charge in [0.2, 0.25) is 5.91 Å². The van der Waals surface area contributed by atoms with Crippen LogP contribution in [0.15, 0.2) is 73.2 Å². The van der Waals surface area contributed by atoms with Gasteiger partial charge in [0.15, 0.2) is 0 Å². The Hall–Kier alpha value is -4.86. The first-order valence-electron chi connectivity index (χ1n) is 13.6. The number of nitrogens with one attached hydrogen (secondary N) is 2. The fraction of sp³-hybridized carbons (Fsp3) is 0.290. The highest BCUT2D eigenvalue weighted by Gasteiger charge is 2.26. The number of carbonyl (C=O) groups is 3. The Morgan fingerprint density at radius 3 is 2.39 bits per heavy atom. The number of nitrogen functional groups attached to an aromatic ring is 1. The molecule has 1 saturated heterocycles. The standard InChI is InChI=1S/C31H34N6O4/c1-31(2,3)41-30(40)37-17-12-20-4-6-23(19-27(20)37)34-29(39)25-18-22(32)5-7-26(25)35-28(38)21-10-15-36(16-11-21)24-8-13-33-14-9-24/h4-9,12-14,17-19,21H,10-11,15-16,32H2,1-3H3,(H,34,39)(H,35,38). The molecule has 5 rings (SSSR count). The summed E-state index contributed by atoms with van der Waals surface area (Å²) in [5, 5.41) is 6.65. The number of pyridine rings is 1. The van der Waals surface area contributed by atoms with Gasteiger partial charge in [-0.25, -0.2) is 4.79 Å². The molecule has 4 aromatic rings. The molecule has 4 N–H and O–H groups in total. The van der Waals surface area contributed by atoms with Crippen LogP contribution in [0, 0.1) is 5.92 Å². The number of hydrogen-bond donors (Lipinski definition) is 3. The molecule has 0 spiro atoms. The molecular formula is C31H34N6O4. The first kappa shape index (κ1) is 27.7. The van der Waals surface area contributed by atoms with Gasteiger partial charge in [-0.05, 0) is 82.1 Å². The predicted octanol–water partition coefficient (Wildman–Crippen LogP) is 5.51. The van der Waals surface area contributed by atoms with Crippen LogP contribution < -0.4 is 21.3 Å². The van der Waals surface area contributed by atoms with E-state index in [9.17, 15) is 14.4 Å². The van der Waals surface area contributed by atoms with E-state index in [0.29, 0.717) is 35.4 Å².